The van der Waals surface area contributed by atoms with Gasteiger partial charge in [0.2, 0.25) is 12.7 Å². The lowest BCUT2D eigenvalue weighted by atomic mass is 10.1. The molecule has 1 amide bonds. The molecule has 5 heteroatoms. The molecule has 1 atom stereocenters. The van der Waals surface area contributed by atoms with Gasteiger partial charge in [0, 0.05) is 17.1 Å². The fourth-order valence-corrected chi connectivity index (χ4v) is 3.01. The van der Waals surface area contributed by atoms with Crippen LogP contribution in [0.25, 0.3) is 10.9 Å². The average molecular weight is 322 g/mol. The zero-order valence-electron chi connectivity index (χ0n) is 13.3. The minimum Gasteiger partial charge on any atom is -0.454 e. The number of aromatic nitrogens is 1. The van der Waals surface area contributed by atoms with Crippen LogP contribution < -0.4 is 14.8 Å². The highest BCUT2D eigenvalue weighted by molar-refractivity contribution is 5.89. The van der Waals surface area contributed by atoms with Crippen LogP contribution in [0, 0.1) is 0 Å². The van der Waals surface area contributed by atoms with Crippen LogP contribution in [-0.4, -0.2) is 17.7 Å². The van der Waals surface area contributed by atoms with E-state index in [0.717, 1.165) is 33.5 Å². The SMILES string of the molecule is CC(NC(=O)Cc1c[nH]c2ccccc12)c1ccc2c(c1)OCO2. The Balaban J connectivity index is 1.45. The lowest BCUT2D eigenvalue weighted by Crippen LogP contribution is -2.28. The number of hydrogen-bond donors (Lipinski definition) is 2. The summed E-state index contributed by atoms with van der Waals surface area (Å²) in [5, 5.41) is 4.13. The molecular formula is C19H18N2O3. The Hall–Kier alpha value is -2.95. The van der Waals surface area contributed by atoms with Crippen molar-refractivity contribution in [3.8, 4) is 11.5 Å². The van der Waals surface area contributed by atoms with E-state index >= 15 is 0 Å². The topological polar surface area (TPSA) is 63.4 Å². The van der Waals surface area contributed by atoms with Gasteiger partial charge in [-0.05, 0) is 36.2 Å². The minimum atomic E-state index is -0.0998. The molecule has 0 bridgehead atoms. The number of rotatable bonds is 4. The fraction of sp³-hybridized carbons (Fsp3) is 0.211. The number of para-hydroxylation sites is 1. The van der Waals surface area contributed by atoms with Gasteiger partial charge in [0.25, 0.3) is 0 Å². The van der Waals surface area contributed by atoms with Gasteiger partial charge < -0.3 is 19.8 Å². The lowest BCUT2D eigenvalue weighted by molar-refractivity contribution is -0.121. The van der Waals surface area contributed by atoms with Gasteiger partial charge in [0.15, 0.2) is 11.5 Å². The van der Waals surface area contributed by atoms with Crippen molar-refractivity contribution in [2.75, 3.05) is 6.79 Å². The Morgan fingerprint density at radius 2 is 2.04 bits per heavy atom. The third-order valence-corrected chi connectivity index (χ3v) is 4.30. The van der Waals surface area contributed by atoms with Gasteiger partial charge in [-0.2, -0.15) is 0 Å². The maximum absolute atomic E-state index is 12.4. The maximum Gasteiger partial charge on any atom is 0.231 e. The van der Waals surface area contributed by atoms with Crippen molar-refractivity contribution in [3.05, 3.63) is 59.8 Å². The van der Waals surface area contributed by atoms with Crippen LogP contribution in [0.4, 0.5) is 0 Å². The third kappa shape index (κ3) is 2.69. The molecule has 0 radical (unpaired) electrons. The summed E-state index contributed by atoms with van der Waals surface area (Å²) in [6.07, 6.45) is 2.24. The zero-order chi connectivity index (χ0) is 16.5. The molecule has 1 aliphatic heterocycles. The van der Waals surface area contributed by atoms with Crippen molar-refractivity contribution in [2.45, 2.75) is 19.4 Å². The minimum absolute atomic E-state index is 0.00933. The van der Waals surface area contributed by atoms with Crippen molar-refractivity contribution in [1.29, 1.82) is 0 Å². The van der Waals surface area contributed by atoms with Crippen LogP contribution in [0.3, 0.4) is 0 Å². The zero-order valence-corrected chi connectivity index (χ0v) is 13.3. The molecule has 2 heterocycles. The second-order valence-corrected chi connectivity index (χ2v) is 5.94. The first-order valence-electron chi connectivity index (χ1n) is 7.94. The Bertz CT molecular complexity index is 901. The van der Waals surface area contributed by atoms with Crippen LogP contribution in [0.1, 0.15) is 24.1 Å². The van der Waals surface area contributed by atoms with Gasteiger partial charge in [-0.1, -0.05) is 24.3 Å². The predicted octanol–water partition coefficient (Wildman–Crippen LogP) is 3.32. The number of benzene rings is 2. The summed E-state index contributed by atoms with van der Waals surface area (Å²) in [6, 6.07) is 13.6. The van der Waals surface area contributed by atoms with Crippen molar-refractivity contribution in [3.63, 3.8) is 0 Å². The van der Waals surface area contributed by atoms with Crippen LogP contribution in [0.15, 0.2) is 48.7 Å². The Morgan fingerprint density at radius 3 is 2.96 bits per heavy atom. The first-order valence-corrected chi connectivity index (χ1v) is 7.94. The number of carbonyl (C=O) groups is 1. The maximum atomic E-state index is 12.4. The molecule has 0 spiro atoms. The number of carbonyl (C=O) groups excluding carboxylic acids is 1. The molecule has 1 aromatic heterocycles. The van der Waals surface area contributed by atoms with Crippen LogP contribution in [0.5, 0.6) is 11.5 Å². The van der Waals surface area contributed by atoms with Gasteiger partial charge >= 0.3 is 0 Å². The number of nitrogens with one attached hydrogen (secondary N) is 2. The molecule has 3 aromatic rings. The monoisotopic (exact) mass is 322 g/mol. The molecule has 5 nitrogen and oxygen atoms in total. The number of fused-ring (bicyclic) bond motifs is 2. The quantitative estimate of drug-likeness (QED) is 0.774. The third-order valence-electron chi connectivity index (χ3n) is 4.30. The highest BCUT2D eigenvalue weighted by atomic mass is 16.7. The Morgan fingerprint density at radius 1 is 1.21 bits per heavy atom. The lowest BCUT2D eigenvalue weighted by Gasteiger charge is -2.14. The molecule has 122 valence electrons. The van der Waals surface area contributed by atoms with Crippen molar-refractivity contribution in [1.82, 2.24) is 10.3 Å². The highest BCUT2D eigenvalue weighted by Crippen LogP contribution is 2.34. The van der Waals surface area contributed by atoms with E-state index in [1.807, 2.05) is 55.6 Å². The van der Waals surface area contributed by atoms with Gasteiger partial charge in [0.1, 0.15) is 0 Å². The van der Waals surface area contributed by atoms with Crippen LogP contribution >= 0.6 is 0 Å². The Kier molecular flexibility index (Phi) is 3.61. The van der Waals surface area contributed by atoms with Gasteiger partial charge in [0.05, 0.1) is 12.5 Å². The largest absolute Gasteiger partial charge is 0.454 e. The van der Waals surface area contributed by atoms with Crippen LogP contribution in [0.2, 0.25) is 0 Å². The molecule has 24 heavy (non-hydrogen) atoms. The smallest absolute Gasteiger partial charge is 0.231 e. The van der Waals surface area contributed by atoms with Crippen molar-refractivity contribution < 1.29 is 14.3 Å². The summed E-state index contributed by atoms with van der Waals surface area (Å²) in [4.78, 5) is 15.6. The molecule has 4 rings (SSSR count). The number of ether oxygens (including phenoxy) is 2. The van der Waals surface area contributed by atoms with Crippen molar-refractivity contribution >= 4 is 16.8 Å². The molecule has 1 aliphatic rings. The highest BCUT2D eigenvalue weighted by Gasteiger charge is 2.17. The van der Waals surface area contributed by atoms with E-state index in [0.29, 0.717) is 6.42 Å². The van der Waals surface area contributed by atoms with E-state index in [4.69, 9.17) is 9.47 Å². The molecule has 0 saturated carbocycles. The standard InChI is InChI=1S/C19H18N2O3/c1-12(13-6-7-17-18(8-13)24-11-23-17)21-19(22)9-14-10-20-16-5-3-2-4-15(14)16/h2-8,10,12,20H,9,11H2,1H3,(H,21,22). The van der Waals surface area contributed by atoms with E-state index in [9.17, 15) is 4.79 Å². The summed E-state index contributed by atoms with van der Waals surface area (Å²) in [7, 11) is 0. The normalized spacial score (nSPS) is 13.9. The van der Waals surface area contributed by atoms with Crippen molar-refractivity contribution in [2.24, 2.45) is 0 Å². The number of amides is 1. The summed E-state index contributed by atoms with van der Waals surface area (Å²) in [5.41, 5.74) is 3.04. The molecule has 0 saturated heterocycles. The van der Waals surface area contributed by atoms with Gasteiger partial charge in [-0.3, -0.25) is 4.79 Å². The summed E-state index contributed by atoms with van der Waals surface area (Å²) >= 11 is 0. The number of aromatic amines is 1. The van der Waals surface area contributed by atoms with E-state index in [2.05, 4.69) is 10.3 Å². The predicted molar refractivity (Wildman–Crippen MR) is 91.1 cm³/mol. The molecule has 1 unspecified atom stereocenters. The number of H-pyrrole nitrogens is 1. The molecule has 0 fully saturated rings. The first kappa shape index (κ1) is 14.6. The second-order valence-electron chi connectivity index (χ2n) is 5.94. The molecule has 2 aromatic carbocycles. The van der Waals surface area contributed by atoms with Gasteiger partial charge in [-0.25, -0.2) is 0 Å². The second kappa shape index (κ2) is 5.92. The molecule has 0 aliphatic carbocycles. The molecule has 2 N–H and O–H groups in total. The summed E-state index contributed by atoms with van der Waals surface area (Å²) in [6.45, 7) is 2.21. The van der Waals surface area contributed by atoms with Crippen LogP contribution in [-0.2, 0) is 11.2 Å². The van der Waals surface area contributed by atoms with Gasteiger partial charge in [-0.15, -0.1) is 0 Å². The number of hydrogen-bond acceptors (Lipinski definition) is 3. The van der Waals surface area contributed by atoms with E-state index in [-0.39, 0.29) is 18.7 Å². The Labute approximate surface area is 139 Å². The van der Waals surface area contributed by atoms with E-state index in [1.165, 1.54) is 0 Å². The summed E-state index contributed by atoms with van der Waals surface area (Å²) < 4.78 is 10.7. The molecular weight excluding hydrogens is 304 g/mol. The average Bonchev–Trinajstić information content (AvgIpc) is 3.21. The van der Waals surface area contributed by atoms with E-state index in [1.54, 1.807) is 0 Å². The van der Waals surface area contributed by atoms with E-state index < -0.39 is 0 Å². The fourth-order valence-electron chi connectivity index (χ4n) is 3.01. The summed E-state index contributed by atoms with van der Waals surface area (Å²) in [5.74, 6) is 1.46. The first-order chi connectivity index (χ1) is 11.7.